The number of nitrogens with zero attached hydrogens (tertiary/aromatic N) is 2. The zero-order valence-electron chi connectivity index (χ0n) is 16.1. The summed E-state index contributed by atoms with van der Waals surface area (Å²) in [4.78, 5) is 31.4. The number of carbonyl (C=O) groups excluding carboxylic acids is 2. The van der Waals surface area contributed by atoms with Gasteiger partial charge in [-0.2, -0.15) is 0 Å². The summed E-state index contributed by atoms with van der Waals surface area (Å²) in [5.74, 6) is -0.114. The van der Waals surface area contributed by atoms with Crippen molar-refractivity contribution < 1.29 is 9.59 Å². The second kappa shape index (κ2) is 8.69. The summed E-state index contributed by atoms with van der Waals surface area (Å²) in [6.07, 6.45) is 6.49. The molecule has 0 atom stereocenters. The number of piperidine rings is 1. The molecule has 0 unspecified atom stereocenters. The third kappa shape index (κ3) is 4.51. The summed E-state index contributed by atoms with van der Waals surface area (Å²) in [5.41, 5.74) is 2.53. The molecule has 2 heterocycles. The summed E-state index contributed by atoms with van der Waals surface area (Å²) in [5, 5.41) is 4.02. The fourth-order valence-electron chi connectivity index (χ4n) is 3.64. The largest absolute Gasteiger partial charge is 0.339 e. The fraction of sp³-hybridized carbons (Fsp3) is 0.208. The number of nitrogens with one attached hydrogen (secondary N) is 1. The van der Waals surface area contributed by atoms with Gasteiger partial charge in [-0.1, -0.05) is 48.5 Å². The van der Waals surface area contributed by atoms with Crippen LogP contribution >= 0.6 is 0 Å². The maximum atomic E-state index is 12.7. The molecule has 5 nitrogen and oxygen atoms in total. The summed E-state index contributed by atoms with van der Waals surface area (Å²) >= 11 is 0. The third-order valence-electron chi connectivity index (χ3n) is 5.29. The highest BCUT2D eigenvalue weighted by Crippen LogP contribution is 2.24. The first kappa shape index (κ1) is 18.9. The van der Waals surface area contributed by atoms with Gasteiger partial charge in [-0.15, -0.1) is 0 Å². The highest BCUT2D eigenvalue weighted by Gasteiger charge is 2.26. The molecule has 29 heavy (non-hydrogen) atoms. The lowest BCUT2D eigenvalue weighted by molar-refractivity contribution is -0.130. The van der Waals surface area contributed by atoms with E-state index in [1.54, 1.807) is 12.3 Å². The van der Waals surface area contributed by atoms with E-state index in [0.29, 0.717) is 25.9 Å². The molecule has 4 rings (SSSR count). The van der Waals surface area contributed by atoms with Gasteiger partial charge in [-0.05, 0) is 36.6 Å². The second-order valence-electron chi connectivity index (χ2n) is 7.21. The summed E-state index contributed by atoms with van der Waals surface area (Å²) in [6, 6.07) is 19.4. The van der Waals surface area contributed by atoms with E-state index in [1.807, 2.05) is 71.6 Å². The molecule has 2 amide bonds. The Labute approximate surface area is 170 Å². The number of hydrogen-bond donors (Lipinski definition) is 1. The quantitative estimate of drug-likeness (QED) is 0.687. The van der Waals surface area contributed by atoms with E-state index < -0.39 is 0 Å². The molecule has 2 aromatic carbocycles. The first-order chi connectivity index (χ1) is 14.2. The number of aromatic nitrogens is 1. The number of likely N-dealkylation sites (tertiary alicyclic amines) is 1. The Morgan fingerprint density at radius 2 is 1.72 bits per heavy atom. The van der Waals surface area contributed by atoms with E-state index >= 15 is 0 Å². The standard InChI is InChI=1S/C24H23N3O2/c28-22(12-11-18-6-2-1-3-7-18)27-16-13-20(14-17-27)24(29)26-21-10-4-8-19-9-5-15-25-23(19)21/h1-12,15,20H,13-14,16-17H2,(H,26,29). The topological polar surface area (TPSA) is 62.3 Å². The molecule has 1 aliphatic rings. The molecule has 0 aliphatic carbocycles. The Bertz CT molecular complexity index is 1030. The molecular formula is C24H23N3O2. The lowest BCUT2D eigenvalue weighted by Crippen LogP contribution is -2.40. The van der Waals surface area contributed by atoms with Crippen molar-refractivity contribution in [3.63, 3.8) is 0 Å². The van der Waals surface area contributed by atoms with Crippen molar-refractivity contribution in [1.29, 1.82) is 0 Å². The van der Waals surface area contributed by atoms with Gasteiger partial charge in [0.15, 0.2) is 0 Å². The van der Waals surface area contributed by atoms with Crippen LogP contribution in [0.2, 0.25) is 0 Å². The maximum Gasteiger partial charge on any atom is 0.246 e. The lowest BCUT2D eigenvalue weighted by Gasteiger charge is -2.30. The van der Waals surface area contributed by atoms with Crippen molar-refractivity contribution in [2.24, 2.45) is 5.92 Å². The smallest absolute Gasteiger partial charge is 0.246 e. The van der Waals surface area contributed by atoms with Crippen LogP contribution in [-0.2, 0) is 9.59 Å². The number of benzene rings is 2. The first-order valence-electron chi connectivity index (χ1n) is 9.87. The highest BCUT2D eigenvalue weighted by atomic mass is 16.2. The normalized spacial score (nSPS) is 15.0. The number of amides is 2. The number of fused-ring (bicyclic) bond motifs is 1. The zero-order chi connectivity index (χ0) is 20.1. The van der Waals surface area contributed by atoms with E-state index in [-0.39, 0.29) is 17.7 Å². The minimum atomic E-state index is -0.101. The predicted octanol–water partition coefficient (Wildman–Crippen LogP) is 4.13. The molecule has 0 bridgehead atoms. The van der Waals surface area contributed by atoms with Gasteiger partial charge >= 0.3 is 0 Å². The van der Waals surface area contributed by atoms with Gasteiger partial charge in [0, 0.05) is 36.7 Å². The van der Waals surface area contributed by atoms with Gasteiger partial charge < -0.3 is 10.2 Å². The Balaban J connectivity index is 1.34. The lowest BCUT2D eigenvalue weighted by atomic mass is 9.95. The highest BCUT2D eigenvalue weighted by molar-refractivity contribution is 6.01. The van der Waals surface area contributed by atoms with E-state index in [1.165, 1.54) is 0 Å². The summed E-state index contributed by atoms with van der Waals surface area (Å²) < 4.78 is 0. The maximum absolute atomic E-state index is 12.7. The first-order valence-corrected chi connectivity index (χ1v) is 9.87. The van der Waals surface area contributed by atoms with Crippen LogP contribution in [0.15, 0.2) is 72.9 Å². The number of rotatable bonds is 4. The average molecular weight is 385 g/mol. The van der Waals surface area contributed by atoms with Crippen molar-refractivity contribution in [3.8, 4) is 0 Å². The van der Waals surface area contributed by atoms with Crippen molar-refractivity contribution >= 4 is 34.5 Å². The van der Waals surface area contributed by atoms with Crippen LogP contribution in [0, 0.1) is 5.92 Å². The van der Waals surface area contributed by atoms with E-state index in [0.717, 1.165) is 22.2 Å². The second-order valence-corrected chi connectivity index (χ2v) is 7.21. The van der Waals surface area contributed by atoms with Crippen LogP contribution in [0.3, 0.4) is 0 Å². The minimum Gasteiger partial charge on any atom is -0.339 e. The van der Waals surface area contributed by atoms with Gasteiger partial charge in [0.05, 0.1) is 11.2 Å². The van der Waals surface area contributed by atoms with Gasteiger partial charge in [0.2, 0.25) is 11.8 Å². The molecule has 1 N–H and O–H groups in total. The molecule has 1 aromatic heterocycles. The molecule has 146 valence electrons. The van der Waals surface area contributed by atoms with Crippen molar-refractivity contribution in [2.75, 3.05) is 18.4 Å². The SMILES string of the molecule is O=C(Nc1cccc2cccnc12)C1CCN(C(=O)C=Cc2ccccc2)CC1. The average Bonchev–Trinajstić information content (AvgIpc) is 2.78. The molecule has 0 saturated carbocycles. The molecule has 1 aliphatic heterocycles. The van der Waals surface area contributed by atoms with Crippen LogP contribution in [0.25, 0.3) is 17.0 Å². The molecule has 1 fully saturated rings. The summed E-state index contributed by atoms with van der Waals surface area (Å²) in [6.45, 7) is 1.17. The molecule has 1 saturated heterocycles. The Kier molecular flexibility index (Phi) is 5.66. The van der Waals surface area contributed by atoms with Gasteiger partial charge in [0.25, 0.3) is 0 Å². The number of pyridine rings is 1. The van der Waals surface area contributed by atoms with Gasteiger partial charge in [-0.3, -0.25) is 14.6 Å². The van der Waals surface area contributed by atoms with E-state index in [4.69, 9.17) is 0 Å². The Morgan fingerprint density at radius 3 is 2.52 bits per heavy atom. The fourth-order valence-corrected chi connectivity index (χ4v) is 3.64. The van der Waals surface area contributed by atoms with Crippen molar-refractivity contribution in [3.05, 3.63) is 78.5 Å². The predicted molar refractivity (Wildman–Crippen MR) is 115 cm³/mol. The number of anilines is 1. The van der Waals surface area contributed by atoms with Crippen molar-refractivity contribution in [2.45, 2.75) is 12.8 Å². The third-order valence-corrected chi connectivity index (χ3v) is 5.29. The van der Waals surface area contributed by atoms with Crippen LogP contribution in [0.5, 0.6) is 0 Å². The van der Waals surface area contributed by atoms with E-state index in [9.17, 15) is 9.59 Å². The summed E-state index contributed by atoms with van der Waals surface area (Å²) in [7, 11) is 0. The van der Waals surface area contributed by atoms with Crippen LogP contribution in [0.1, 0.15) is 18.4 Å². The van der Waals surface area contributed by atoms with Crippen molar-refractivity contribution in [1.82, 2.24) is 9.88 Å². The number of carbonyl (C=O) groups is 2. The molecule has 0 spiro atoms. The van der Waals surface area contributed by atoms with Gasteiger partial charge in [-0.25, -0.2) is 0 Å². The van der Waals surface area contributed by atoms with Crippen LogP contribution < -0.4 is 5.32 Å². The molecule has 0 radical (unpaired) electrons. The number of para-hydroxylation sites is 1. The zero-order valence-corrected chi connectivity index (χ0v) is 16.1. The molecule has 3 aromatic rings. The van der Waals surface area contributed by atoms with E-state index in [2.05, 4.69) is 10.3 Å². The van der Waals surface area contributed by atoms with Crippen LogP contribution in [0.4, 0.5) is 5.69 Å². The number of hydrogen-bond acceptors (Lipinski definition) is 3. The Hall–Kier alpha value is -3.47. The molecular weight excluding hydrogens is 362 g/mol. The van der Waals surface area contributed by atoms with Crippen LogP contribution in [-0.4, -0.2) is 34.8 Å². The van der Waals surface area contributed by atoms with Gasteiger partial charge in [0.1, 0.15) is 0 Å². The molecule has 5 heteroatoms. The Morgan fingerprint density at radius 1 is 0.966 bits per heavy atom. The minimum absolute atomic E-state index is 0.00456. The monoisotopic (exact) mass is 385 g/mol.